The summed E-state index contributed by atoms with van der Waals surface area (Å²) in [5.74, 6) is 0.810. The van der Waals surface area contributed by atoms with Gasteiger partial charge in [0.2, 0.25) is 0 Å². The molecule has 2 atom stereocenters. The van der Waals surface area contributed by atoms with Crippen LogP contribution in [0.4, 0.5) is 0 Å². The van der Waals surface area contributed by atoms with Crippen molar-refractivity contribution < 1.29 is 18.3 Å². The molecule has 124 valence electrons. The summed E-state index contributed by atoms with van der Waals surface area (Å²) in [6, 6.07) is 8.11. The number of hydrogen-bond acceptors (Lipinski definition) is 5. The standard InChI is InChI=1S/C16H26NO4P/c1-13-6-5-11-16(17-13,22(18,20-3)21-4)12-14-7-9-15(19-2)10-8-14/h7-10,13,17H,5-6,11-12H2,1-4H3/t13-,16+/m1/s1. The number of hydrogen-bond donors (Lipinski definition) is 1. The van der Waals surface area contributed by atoms with Gasteiger partial charge in [-0.2, -0.15) is 0 Å². The molecule has 1 aliphatic heterocycles. The molecule has 1 aromatic rings. The summed E-state index contributed by atoms with van der Waals surface area (Å²) in [5.41, 5.74) is 1.08. The zero-order valence-electron chi connectivity index (χ0n) is 13.8. The van der Waals surface area contributed by atoms with E-state index in [1.54, 1.807) is 7.11 Å². The van der Waals surface area contributed by atoms with Crippen LogP contribution in [-0.2, 0) is 20.0 Å². The zero-order chi connectivity index (χ0) is 16.2. The average molecular weight is 327 g/mol. The molecule has 1 fully saturated rings. The van der Waals surface area contributed by atoms with E-state index in [2.05, 4.69) is 12.2 Å². The molecule has 0 bridgehead atoms. The molecule has 0 radical (unpaired) electrons. The van der Waals surface area contributed by atoms with Gasteiger partial charge in [0.1, 0.15) is 11.0 Å². The fourth-order valence-corrected chi connectivity index (χ4v) is 5.30. The second kappa shape index (κ2) is 7.14. The third-order valence-electron chi connectivity index (χ3n) is 4.40. The monoisotopic (exact) mass is 327 g/mol. The van der Waals surface area contributed by atoms with E-state index in [1.165, 1.54) is 14.2 Å². The first-order chi connectivity index (χ1) is 10.5. The Morgan fingerprint density at radius 2 is 1.86 bits per heavy atom. The van der Waals surface area contributed by atoms with Gasteiger partial charge in [0.05, 0.1) is 7.11 Å². The lowest BCUT2D eigenvalue weighted by atomic mass is 9.93. The maximum atomic E-state index is 13.2. The summed E-state index contributed by atoms with van der Waals surface area (Å²) in [4.78, 5) is 0. The van der Waals surface area contributed by atoms with Crippen molar-refractivity contribution in [3.63, 3.8) is 0 Å². The highest BCUT2D eigenvalue weighted by Gasteiger charge is 2.51. The van der Waals surface area contributed by atoms with Crippen LogP contribution in [0.2, 0.25) is 0 Å². The average Bonchev–Trinajstić information content (AvgIpc) is 2.54. The van der Waals surface area contributed by atoms with Crippen LogP contribution in [0.5, 0.6) is 5.75 Å². The Hall–Kier alpha value is -0.870. The van der Waals surface area contributed by atoms with Gasteiger partial charge in [-0.1, -0.05) is 12.1 Å². The fourth-order valence-electron chi connectivity index (χ4n) is 3.26. The van der Waals surface area contributed by atoms with Crippen molar-refractivity contribution in [1.82, 2.24) is 5.32 Å². The predicted octanol–water partition coefficient (Wildman–Crippen LogP) is 3.58. The molecule has 1 aliphatic rings. The molecule has 1 aromatic carbocycles. The summed E-state index contributed by atoms with van der Waals surface area (Å²) >= 11 is 0. The van der Waals surface area contributed by atoms with Gasteiger partial charge < -0.3 is 13.8 Å². The normalized spacial score (nSPS) is 25.9. The second-order valence-corrected chi connectivity index (χ2v) is 8.44. The van der Waals surface area contributed by atoms with Gasteiger partial charge >= 0.3 is 7.60 Å². The van der Waals surface area contributed by atoms with Gasteiger partial charge in [-0.25, -0.2) is 0 Å². The summed E-state index contributed by atoms with van der Waals surface area (Å²) in [6.45, 7) is 2.11. The van der Waals surface area contributed by atoms with Gasteiger partial charge in [-0.15, -0.1) is 0 Å². The molecule has 2 rings (SSSR count). The molecule has 0 amide bonds. The zero-order valence-corrected chi connectivity index (χ0v) is 14.7. The molecule has 22 heavy (non-hydrogen) atoms. The molecule has 5 nitrogen and oxygen atoms in total. The quantitative estimate of drug-likeness (QED) is 0.809. The van der Waals surface area contributed by atoms with Gasteiger partial charge in [0.15, 0.2) is 0 Å². The SMILES string of the molecule is COc1ccc(C[C@@]2(P(=O)(OC)OC)CCC[C@@H](C)N2)cc1. The molecule has 6 heteroatoms. The van der Waals surface area contributed by atoms with Crippen LogP contribution in [0.15, 0.2) is 24.3 Å². The highest BCUT2D eigenvalue weighted by Crippen LogP contribution is 2.61. The third kappa shape index (κ3) is 3.38. The van der Waals surface area contributed by atoms with E-state index in [4.69, 9.17) is 13.8 Å². The Kier molecular flexibility index (Phi) is 5.67. The first kappa shape index (κ1) is 17.5. The van der Waals surface area contributed by atoms with Gasteiger partial charge in [-0.05, 0) is 43.9 Å². The first-order valence-electron chi connectivity index (χ1n) is 7.61. The molecular formula is C16H26NO4P. The predicted molar refractivity (Wildman–Crippen MR) is 87.5 cm³/mol. The number of ether oxygens (including phenoxy) is 1. The van der Waals surface area contributed by atoms with Gasteiger partial charge in [0, 0.05) is 26.7 Å². The largest absolute Gasteiger partial charge is 0.497 e. The highest BCUT2D eigenvalue weighted by molar-refractivity contribution is 7.55. The number of benzene rings is 1. The Morgan fingerprint density at radius 3 is 2.36 bits per heavy atom. The van der Waals surface area contributed by atoms with Gasteiger partial charge in [0.25, 0.3) is 0 Å². The maximum Gasteiger partial charge on any atom is 0.350 e. The lowest BCUT2D eigenvalue weighted by molar-refractivity contribution is 0.192. The molecule has 0 aromatic heterocycles. The minimum Gasteiger partial charge on any atom is -0.497 e. The van der Waals surface area contributed by atoms with Crippen molar-refractivity contribution in [3.05, 3.63) is 29.8 Å². The lowest BCUT2D eigenvalue weighted by Gasteiger charge is -2.44. The third-order valence-corrected chi connectivity index (χ3v) is 6.92. The first-order valence-corrected chi connectivity index (χ1v) is 9.15. The minimum absolute atomic E-state index is 0.283. The Labute approximate surface area is 132 Å². The summed E-state index contributed by atoms with van der Waals surface area (Å²) < 4.78 is 29.0. The van der Waals surface area contributed by atoms with E-state index in [9.17, 15) is 4.57 Å². The van der Waals surface area contributed by atoms with Crippen molar-refractivity contribution in [2.75, 3.05) is 21.3 Å². The van der Waals surface area contributed by atoms with Crippen molar-refractivity contribution >= 4 is 7.60 Å². The van der Waals surface area contributed by atoms with E-state index < -0.39 is 12.9 Å². The molecule has 1 N–H and O–H groups in total. The van der Waals surface area contributed by atoms with Crippen LogP contribution in [0.25, 0.3) is 0 Å². The van der Waals surface area contributed by atoms with Crippen molar-refractivity contribution in [2.45, 2.75) is 43.9 Å². The van der Waals surface area contributed by atoms with Crippen LogP contribution in [-0.4, -0.2) is 32.7 Å². The summed E-state index contributed by atoms with van der Waals surface area (Å²) in [5, 5.41) is 2.83. The van der Waals surface area contributed by atoms with Crippen LogP contribution in [0, 0.1) is 0 Å². The molecule has 1 heterocycles. The number of piperidine rings is 1. The maximum absolute atomic E-state index is 13.2. The van der Waals surface area contributed by atoms with Crippen LogP contribution < -0.4 is 10.1 Å². The van der Waals surface area contributed by atoms with E-state index in [-0.39, 0.29) is 6.04 Å². The second-order valence-electron chi connectivity index (χ2n) is 5.86. The molecule has 0 aliphatic carbocycles. The van der Waals surface area contributed by atoms with E-state index in [1.807, 2.05) is 24.3 Å². The van der Waals surface area contributed by atoms with E-state index in [0.29, 0.717) is 6.42 Å². The van der Waals surface area contributed by atoms with E-state index in [0.717, 1.165) is 30.6 Å². The topological polar surface area (TPSA) is 56.8 Å². The summed E-state index contributed by atoms with van der Waals surface area (Å²) in [6.07, 6.45) is 3.43. The van der Waals surface area contributed by atoms with Crippen molar-refractivity contribution in [1.29, 1.82) is 0 Å². The summed E-state index contributed by atoms with van der Waals surface area (Å²) in [7, 11) is 1.31. The minimum atomic E-state index is -3.25. The lowest BCUT2D eigenvalue weighted by Crippen LogP contribution is -2.54. The van der Waals surface area contributed by atoms with Crippen molar-refractivity contribution in [3.8, 4) is 5.75 Å². The van der Waals surface area contributed by atoms with Crippen LogP contribution in [0.3, 0.4) is 0 Å². The van der Waals surface area contributed by atoms with Crippen LogP contribution >= 0.6 is 7.60 Å². The van der Waals surface area contributed by atoms with E-state index >= 15 is 0 Å². The highest BCUT2D eigenvalue weighted by atomic mass is 31.2. The smallest absolute Gasteiger partial charge is 0.350 e. The Bertz CT molecular complexity index is 525. The van der Waals surface area contributed by atoms with Gasteiger partial charge in [-0.3, -0.25) is 9.88 Å². The molecule has 0 unspecified atom stereocenters. The Morgan fingerprint density at radius 1 is 1.23 bits per heavy atom. The fraction of sp³-hybridized carbons (Fsp3) is 0.625. The van der Waals surface area contributed by atoms with Crippen molar-refractivity contribution in [2.24, 2.45) is 0 Å². The molecule has 1 saturated heterocycles. The van der Waals surface area contributed by atoms with Crippen LogP contribution in [0.1, 0.15) is 31.7 Å². The number of rotatable bonds is 6. The molecular weight excluding hydrogens is 301 g/mol. The molecule has 0 saturated carbocycles. The number of methoxy groups -OCH3 is 1. The molecule has 0 spiro atoms. The Balaban J connectivity index is 2.33. The number of nitrogens with one attached hydrogen (secondary N) is 1.